The number of piperazine rings is 3. The number of ether oxygens (including phenoxy) is 6. The average Bonchev–Trinajstić information content (AvgIpc) is 1.38. The Morgan fingerprint density at radius 1 is 0.408 bits per heavy atom. The number of pyridine rings is 3. The van der Waals surface area contributed by atoms with Crippen LogP contribution < -0.4 is 57.8 Å². The number of guanidine groups is 3. The van der Waals surface area contributed by atoms with Crippen LogP contribution in [-0.2, 0) is 75.0 Å². The van der Waals surface area contributed by atoms with Gasteiger partial charge in [0.1, 0.15) is 17.2 Å². The fourth-order valence-electron chi connectivity index (χ4n) is 16.1. The van der Waals surface area contributed by atoms with E-state index >= 15 is 0 Å². The number of fused-ring (bicyclic) bond motifs is 3. The maximum Gasteiger partial charge on any atom is 0.416 e. The predicted molar refractivity (Wildman–Crippen MR) is 480 cm³/mol. The molecule has 0 radical (unpaired) electrons. The van der Waals surface area contributed by atoms with E-state index in [4.69, 9.17) is 43.4 Å². The van der Waals surface area contributed by atoms with E-state index in [1.807, 2.05) is 111 Å². The summed E-state index contributed by atoms with van der Waals surface area (Å²) < 4.78 is 167. The van der Waals surface area contributed by atoms with Gasteiger partial charge in [0.2, 0.25) is 35.5 Å². The van der Waals surface area contributed by atoms with Gasteiger partial charge in [0, 0.05) is 206 Å². The summed E-state index contributed by atoms with van der Waals surface area (Å²) in [7, 11) is 8.80. The molecule has 130 heavy (non-hydrogen) atoms. The zero-order valence-corrected chi connectivity index (χ0v) is 82.7. The fraction of sp³-hybridized carbons (Fsp3) is 0.391. The smallest absolute Gasteiger partial charge is 0.416 e. The molecule has 12 heterocycles. The summed E-state index contributed by atoms with van der Waals surface area (Å²) in [6.07, 6.45) is -8.41. The summed E-state index contributed by atoms with van der Waals surface area (Å²) in [6.45, 7) is 16.5. The second kappa shape index (κ2) is 44.7. The topological polar surface area (TPSA) is 272 Å². The minimum atomic E-state index is -4.60. The van der Waals surface area contributed by atoms with Crippen LogP contribution in [0.5, 0.6) is 34.9 Å². The van der Waals surface area contributed by atoms with Crippen LogP contribution in [0.25, 0.3) is 0 Å². The molecule has 702 valence electrons. The first-order valence-electron chi connectivity index (χ1n) is 39.5. The number of carboxylic acids is 3. The first-order chi connectivity index (χ1) is 59.9. The molecule has 3 aromatic carbocycles. The predicted octanol–water partition coefficient (Wildman–Crippen LogP) is 19.3. The Morgan fingerprint density at radius 3 is 0.862 bits per heavy atom. The summed E-state index contributed by atoms with van der Waals surface area (Å²) >= 11 is 4.43. The van der Waals surface area contributed by atoms with E-state index in [1.54, 1.807) is 54.6 Å². The Kier molecular flexibility index (Phi) is 36.1. The normalized spacial score (nSPS) is 18.2. The average molecular weight is 2230 g/mol. The van der Waals surface area contributed by atoms with Crippen LogP contribution in [0, 0.1) is 35.6 Å². The Bertz CT molecular complexity index is 5000. The van der Waals surface area contributed by atoms with Crippen molar-refractivity contribution in [3.05, 3.63) is 189 Å². The molecule has 3 saturated heterocycles. The van der Waals surface area contributed by atoms with Crippen molar-refractivity contribution in [2.45, 2.75) is 116 Å². The molecule has 3 N–H and O–H groups in total. The van der Waals surface area contributed by atoms with E-state index < -0.39 is 71.3 Å². The van der Waals surface area contributed by atoms with Crippen LogP contribution in [-0.4, -0.2) is 207 Å². The van der Waals surface area contributed by atoms with Gasteiger partial charge in [0.15, 0.2) is 0 Å². The molecule has 0 spiro atoms. The van der Waals surface area contributed by atoms with Crippen molar-refractivity contribution in [2.75, 3.05) is 137 Å². The SMILES string of the molecule is COc1cc(N2CCN(C3=Nc4cc(C)sc4C(CC(=O)O)N3c3cc(C(F)(F)F)ccc3OC)C[C@H]2C)ccn1.COc1cc(N2CCN(C3=Nc4cc(C)sc4[C@@H](CC(=O)O)N3c3cc(C(F)(F)F)ccc3OC)C[C@H]2C)ccn1.COc1cc(N2CCN(C3=Nc4cc(C)sc4[C@H](CC(=O)O)N3c3cc(C(F)(F)F)ccc3OC)C[C@H]2C)ccn1.CSF.[CH3-].[CH3-].[W].[W]. The van der Waals surface area contributed by atoms with Gasteiger partial charge in [0.05, 0.1) is 145 Å². The van der Waals surface area contributed by atoms with Gasteiger partial charge in [-0.2, -0.15) is 43.4 Å². The summed E-state index contributed by atoms with van der Waals surface area (Å²) in [5.41, 5.74) is 2.44. The van der Waals surface area contributed by atoms with Gasteiger partial charge >= 0.3 is 36.4 Å². The first-order valence-corrected chi connectivity index (χ1v) is 43.0. The zero-order chi connectivity index (χ0) is 91.1. The third-order valence-electron chi connectivity index (χ3n) is 21.7. The number of alkyl halides is 9. The van der Waals surface area contributed by atoms with Gasteiger partial charge < -0.3 is 88.0 Å². The number of halogens is 10. The van der Waals surface area contributed by atoms with Gasteiger partial charge in [-0.3, -0.25) is 29.1 Å². The van der Waals surface area contributed by atoms with Crippen molar-refractivity contribution < 1.29 is 144 Å². The third kappa shape index (κ3) is 23.7. The van der Waals surface area contributed by atoms with Crippen molar-refractivity contribution >= 4 is 133 Å². The van der Waals surface area contributed by atoms with Crippen molar-refractivity contribution in [1.82, 2.24) is 29.7 Å². The van der Waals surface area contributed by atoms with Crippen LogP contribution in [0.3, 0.4) is 0 Å². The summed E-state index contributed by atoms with van der Waals surface area (Å²) in [5.74, 6) is -0.0171. The van der Waals surface area contributed by atoms with Crippen molar-refractivity contribution in [3.63, 3.8) is 0 Å². The zero-order valence-electron chi connectivity index (χ0n) is 73.5. The van der Waals surface area contributed by atoms with Gasteiger partial charge in [-0.1, -0.05) is 0 Å². The number of carbonyl (C=O) groups is 3. The molecule has 0 aliphatic carbocycles. The Balaban J connectivity index is 0.000000233. The first kappa shape index (κ1) is 105. The number of hydrogen-bond donors (Lipinski definition) is 3. The third-order valence-corrected chi connectivity index (χ3v) is 25.1. The molecule has 0 saturated carbocycles. The van der Waals surface area contributed by atoms with Crippen LogP contribution in [0.15, 0.2) is 143 Å². The molecule has 6 aromatic heterocycles. The van der Waals surface area contributed by atoms with Crippen LogP contribution in [0.4, 0.5) is 94.6 Å². The van der Waals surface area contributed by atoms with E-state index in [0.717, 1.165) is 68.1 Å². The summed E-state index contributed by atoms with van der Waals surface area (Å²) in [6, 6.07) is 24.2. The molecule has 3 fully saturated rings. The Morgan fingerprint density at radius 2 is 0.654 bits per heavy atom. The Hall–Kier alpha value is -10.3. The molecule has 1 unspecified atom stereocenters. The van der Waals surface area contributed by atoms with Crippen molar-refractivity contribution in [2.24, 2.45) is 15.0 Å². The van der Waals surface area contributed by atoms with E-state index in [-0.39, 0.29) is 141 Å². The van der Waals surface area contributed by atoms with Crippen LogP contribution in [0.2, 0.25) is 0 Å². The maximum atomic E-state index is 13.9. The number of nitrogens with zero attached hydrogens (tertiary/aromatic N) is 15. The Labute approximate surface area is 792 Å². The molecule has 6 aliphatic rings. The molecule has 43 heteroatoms. The number of benzene rings is 3. The van der Waals surface area contributed by atoms with Crippen molar-refractivity contribution in [3.8, 4) is 34.9 Å². The van der Waals surface area contributed by atoms with Gasteiger partial charge in [-0.25, -0.2) is 29.9 Å². The second-order valence-corrected chi connectivity index (χ2v) is 34.1. The quantitative estimate of drug-likeness (QED) is 0.0532. The number of hydrogen-bond acceptors (Lipinski definition) is 28. The molecule has 0 amide bonds. The number of aliphatic imine (C=N–C) groups is 3. The largest absolute Gasteiger partial charge is 0.495 e. The number of aryl methyl sites for hydroxylation is 3. The van der Waals surface area contributed by atoms with E-state index in [9.17, 15) is 73.1 Å². The number of rotatable bonds is 18. The molecule has 6 atom stereocenters. The number of aromatic nitrogens is 3. The van der Waals surface area contributed by atoms with E-state index in [1.165, 1.54) is 79.8 Å². The van der Waals surface area contributed by atoms with E-state index in [2.05, 4.69) is 29.7 Å². The maximum absolute atomic E-state index is 13.9. The molecule has 27 nitrogen and oxygen atoms in total. The molecule has 9 aromatic rings. The monoisotopic (exact) mass is 2230 g/mol. The summed E-state index contributed by atoms with van der Waals surface area (Å²) in [5, 5.41) is 29.7. The number of carboxylic acid groups (broad SMARTS) is 3. The number of aliphatic carboxylic acids is 3. The van der Waals surface area contributed by atoms with Crippen molar-refractivity contribution in [1.29, 1.82) is 0 Å². The van der Waals surface area contributed by atoms with Gasteiger partial charge in [-0.05, 0) is 133 Å². The summed E-state index contributed by atoms with van der Waals surface area (Å²) in [4.78, 5) is 86.0. The van der Waals surface area contributed by atoms with E-state index in [0.29, 0.717) is 126 Å². The minimum absolute atomic E-state index is 0. The molecular weight excluding hydrogens is 2130 g/mol. The number of methoxy groups -OCH3 is 6. The molecule has 15 rings (SSSR count). The van der Waals surface area contributed by atoms with Gasteiger partial charge in [0.25, 0.3) is 0 Å². The van der Waals surface area contributed by atoms with Crippen LogP contribution in [0.1, 0.15) is 104 Å². The number of anilines is 6. The standard InChI is InChI=1S/3C28H30F3N5O4S.CH3FS.2CH3.2W/c3*1-16-15-34(9-10-35(16)19-7-8-32-24(13-19)40-4)27-33-20-11-17(2)41-26(20)22(14-25(37)38)36(27)21-12-18(28(29,30)31)5-6-23(21)39-3;1-3-2;;;;/h3*5-8,11-13,16,22H,9-10,14-15H2,1-4H3,(H,37,38);1H3;2*1H3;;/q;;;;2*-1;;/t16-,22?;16-,22+;16-,22-;;;;;/m111...../s1. The van der Waals surface area contributed by atoms with Gasteiger partial charge in [-0.15, -0.1) is 34.0 Å². The number of thiophene rings is 3. The minimum Gasteiger partial charge on any atom is -0.495 e. The molecule has 6 aliphatic heterocycles. The second-order valence-electron chi connectivity index (χ2n) is 29.9. The molecular formula is C87H99F10N15O12S4W2-2. The molecule has 0 bridgehead atoms. The van der Waals surface area contributed by atoms with Crippen LogP contribution >= 0.6 is 46.2 Å². The fourth-order valence-corrected chi connectivity index (χ4v) is 19.3.